The average molecular weight is 164 g/mol. The lowest BCUT2D eigenvalue weighted by molar-refractivity contribution is 0.408. The van der Waals surface area contributed by atoms with Gasteiger partial charge < -0.3 is 0 Å². The van der Waals surface area contributed by atoms with E-state index in [1.54, 1.807) is 0 Å². The number of hydrogen-bond donors (Lipinski definition) is 2. The molecule has 1 saturated heterocycles. The van der Waals surface area contributed by atoms with E-state index in [9.17, 15) is 8.42 Å². The predicted molar refractivity (Wildman–Crippen MR) is 39.0 cm³/mol. The van der Waals surface area contributed by atoms with Crippen LogP contribution < -0.4 is 11.3 Å². The van der Waals surface area contributed by atoms with Crippen molar-refractivity contribution in [1.82, 2.24) is 5.43 Å². The molecule has 0 spiro atoms. The topological polar surface area (TPSA) is 72.2 Å². The molecule has 1 aliphatic rings. The summed E-state index contributed by atoms with van der Waals surface area (Å²) in [6, 6.07) is 0. The number of nitrogens with one attached hydrogen (secondary N) is 1. The molecule has 1 atom stereocenters. The summed E-state index contributed by atoms with van der Waals surface area (Å²) in [7, 11) is -2.81. The van der Waals surface area contributed by atoms with Crippen LogP contribution in [0.4, 0.5) is 0 Å². The molecule has 1 rings (SSSR count). The highest BCUT2D eigenvalue weighted by Gasteiger charge is 2.37. The highest BCUT2D eigenvalue weighted by Crippen LogP contribution is 2.21. The molecule has 1 aliphatic heterocycles. The Balaban J connectivity index is 2.76. The molecule has 0 aromatic carbocycles. The maximum absolute atomic E-state index is 10.9. The van der Waals surface area contributed by atoms with Gasteiger partial charge in [-0.15, -0.1) is 0 Å². The number of hydrogen-bond acceptors (Lipinski definition) is 4. The Morgan fingerprint density at radius 1 is 1.60 bits per heavy atom. The molecule has 3 N–H and O–H groups in total. The molecule has 10 heavy (non-hydrogen) atoms. The number of rotatable bonds is 1. The summed E-state index contributed by atoms with van der Waals surface area (Å²) in [5.41, 5.74) is 2.13. The van der Waals surface area contributed by atoms with E-state index >= 15 is 0 Å². The summed E-state index contributed by atoms with van der Waals surface area (Å²) in [5.74, 6) is 5.60. The summed E-state index contributed by atoms with van der Waals surface area (Å²) in [6.45, 7) is 1.82. The quantitative estimate of drug-likeness (QED) is 0.386. The van der Waals surface area contributed by atoms with Crippen molar-refractivity contribution in [3.05, 3.63) is 0 Å². The monoisotopic (exact) mass is 164 g/mol. The van der Waals surface area contributed by atoms with Crippen LogP contribution in [0.25, 0.3) is 0 Å². The Labute approximate surface area is 60.7 Å². The first-order valence-electron chi connectivity index (χ1n) is 3.16. The smallest absolute Gasteiger partial charge is 0.152 e. The normalized spacial score (nSPS) is 38.2. The third kappa shape index (κ3) is 1.47. The van der Waals surface area contributed by atoms with Crippen LogP contribution in [0.15, 0.2) is 0 Å². The number of nitrogens with two attached hydrogens (primary N) is 1. The first kappa shape index (κ1) is 7.97. The van der Waals surface area contributed by atoms with Crippen molar-refractivity contribution < 1.29 is 8.42 Å². The minimum atomic E-state index is -2.81. The Morgan fingerprint density at radius 3 is 2.40 bits per heavy atom. The fourth-order valence-electron chi connectivity index (χ4n) is 1.12. The van der Waals surface area contributed by atoms with E-state index < -0.39 is 15.4 Å². The zero-order valence-electron chi connectivity index (χ0n) is 5.92. The van der Waals surface area contributed by atoms with Crippen molar-refractivity contribution in [2.45, 2.75) is 18.9 Å². The van der Waals surface area contributed by atoms with Gasteiger partial charge in [0.25, 0.3) is 0 Å². The summed E-state index contributed by atoms with van der Waals surface area (Å²) in [4.78, 5) is 0. The van der Waals surface area contributed by atoms with Crippen LogP contribution in [-0.4, -0.2) is 25.5 Å². The zero-order valence-corrected chi connectivity index (χ0v) is 6.74. The molecule has 0 bridgehead atoms. The molecule has 0 amide bonds. The molecule has 60 valence electrons. The van der Waals surface area contributed by atoms with Crippen molar-refractivity contribution in [3.63, 3.8) is 0 Å². The molecule has 5 heteroatoms. The molecule has 4 nitrogen and oxygen atoms in total. The van der Waals surface area contributed by atoms with Gasteiger partial charge in [0, 0.05) is 5.54 Å². The molecule has 0 aromatic rings. The SMILES string of the molecule is CC1(NN)CCS(=O)(=O)C1. The van der Waals surface area contributed by atoms with Crippen LogP contribution in [0, 0.1) is 0 Å². The van der Waals surface area contributed by atoms with Crippen LogP contribution in [0.3, 0.4) is 0 Å². The Morgan fingerprint density at radius 2 is 2.20 bits per heavy atom. The van der Waals surface area contributed by atoms with Gasteiger partial charge in [-0.05, 0) is 13.3 Å². The molecule has 1 fully saturated rings. The lowest BCUT2D eigenvalue weighted by Gasteiger charge is -2.19. The van der Waals surface area contributed by atoms with Crippen molar-refractivity contribution in [3.8, 4) is 0 Å². The van der Waals surface area contributed by atoms with Gasteiger partial charge in [-0.3, -0.25) is 11.3 Å². The maximum atomic E-state index is 10.9. The second-order valence-electron chi connectivity index (χ2n) is 3.05. The molecular weight excluding hydrogens is 152 g/mol. The standard InChI is InChI=1S/C5H12N2O2S/c1-5(7-6)2-3-10(8,9)4-5/h7H,2-4,6H2,1H3. The van der Waals surface area contributed by atoms with Crippen LogP contribution in [0.5, 0.6) is 0 Å². The first-order chi connectivity index (χ1) is 4.47. The second kappa shape index (κ2) is 2.18. The summed E-state index contributed by atoms with van der Waals surface area (Å²) in [6.07, 6.45) is 0.617. The fraction of sp³-hybridized carbons (Fsp3) is 1.00. The van der Waals surface area contributed by atoms with Gasteiger partial charge in [-0.25, -0.2) is 8.42 Å². The highest BCUT2D eigenvalue weighted by molar-refractivity contribution is 7.91. The third-order valence-corrected chi connectivity index (χ3v) is 3.75. The first-order valence-corrected chi connectivity index (χ1v) is 4.98. The Hall–Kier alpha value is -0.130. The van der Waals surface area contributed by atoms with Gasteiger partial charge in [0.15, 0.2) is 9.84 Å². The Bertz CT molecular complexity index is 224. The number of sulfone groups is 1. The van der Waals surface area contributed by atoms with E-state index in [1.165, 1.54) is 0 Å². The maximum Gasteiger partial charge on any atom is 0.152 e. The number of hydrazine groups is 1. The largest absolute Gasteiger partial charge is 0.271 e. The van der Waals surface area contributed by atoms with Crippen LogP contribution in [0.2, 0.25) is 0 Å². The van der Waals surface area contributed by atoms with E-state index in [1.807, 2.05) is 6.92 Å². The minimum Gasteiger partial charge on any atom is -0.271 e. The van der Waals surface area contributed by atoms with Crippen molar-refractivity contribution in [2.24, 2.45) is 5.84 Å². The zero-order chi connectivity index (χ0) is 7.83. The highest BCUT2D eigenvalue weighted by atomic mass is 32.2. The van der Waals surface area contributed by atoms with E-state index in [0.29, 0.717) is 6.42 Å². The average Bonchev–Trinajstić information content (AvgIpc) is 2.08. The lowest BCUT2D eigenvalue weighted by Crippen LogP contribution is -2.47. The van der Waals surface area contributed by atoms with Crippen molar-refractivity contribution in [1.29, 1.82) is 0 Å². The van der Waals surface area contributed by atoms with Crippen LogP contribution in [0.1, 0.15) is 13.3 Å². The van der Waals surface area contributed by atoms with Crippen molar-refractivity contribution in [2.75, 3.05) is 11.5 Å². The van der Waals surface area contributed by atoms with Gasteiger partial charge in [0.2, 0.25) is 0 Å². The molecule has 0 aliphatic carbocycles. The molecule has 1 heterocycles. The van der Waals surface area contributed by atoms with E-state index in [-0.39, 0.29) is 11.5 Å². The third-order valence-electron chi connectivity index (χ3n) is 1.85. The summed E-state index contributed by atoms with van der Waals surface area (Å²) < 4.78 is 21.8. The van der Waals surface area contributed by atoms with E-state index in [2.05, 4.69) is 5.43 Å². The van der Waals surface area contributed by atoms with Gasteiger partial charge in [-0.1, -0.05) is 0 Å². The van der Waals surface area contributed by atoms with Gasteiger partial charge >= 0.3 is 0 Å². The minimum absolute atomic E-state index is 0.163. The molecule has 0 radical (unpaired) electrons. The lowest BCUT2D eigenvalue weighted by atomic mass is 10.0. The van der Waals surface area contributed by atoms with Gasteiger partial charge in [0.1, 0.15) is 0 Å². The molecular formula is C5H12N2O2S. The van der Waals surface area contributed by atoms with E-state index in [0.717, 1.165) is 0 Å². The van der Waals surface area contributed by atoms with Crippen LogP contribution in [-0.2, 0) is 9.84 Å². The van der Waals surface area contributed by atoms with Gasteiger partial charge in [-0.2, -0.15) is 0 Å². The summed E-state index contributed by atoms with van der Waals surface area (Å²) >= 11 is 0. The fourth-order valence-corrected chi connectivity index (χ4v) is 3.23. The van der Waals surface area contributed by atoms with E-state index in [4.69, 9.17) is 5.84 Å². The predicted octanol–water partition coefficient (Wildman–Crippen LogP) is -0.973. The summed E-state index contributed by atoms with van der Waals surface area (Å²) in [5, 5.41) is 0. The van der Waals surface area contributed by atoms with Gasteiger partial charge in [0.05, 0.1) is 11.5 Å². The van der Waals surface area contributed by atoms with Crippen molar-refractivity contribution >= 4 is 9.84 Å². The molecule has 0 saturated carbocycles. The second-order valence-corrected chi connectivity index (χ2v) is 5.23. The molecule has 0 aromatic heterocycles. The molecule has 1 unspecified atom stereocenters. The Kier molecular flexibility index (Phi) is 1.74. The van der Waals surface area contributed by atoms with Crippen LogP contribution >= 0.6 is 0 Å².